The van der Waals surface area contributed by atoms with Crippen LogP contribution in [-0.4, -0.2) is 29.0 Å². The predicted molar refractivity (Wildman–Crippen MR) is 88.1 cm³/mol. The van der Waals surface area contributed by atoms with Gasteiger partial charge in [-0.1, -0.05) is 23.2 Å². The Kier molecular flexibility index (Phi) is 6.06. The third-order valence-corrected chi connectivity index (χ3v) is 5.33. The van der Waals surface area contributed by atoms with E-state index in [9.17, 15) is 5.11 Å². The first kappa shape index (κ1) is 16.4. The van der Waals surface area contributed by atoms with Crippen molar-refractivity contribution in [3.8, 4) is 0 Å². The Balaban J connectivity index is 1.73. The van der Waals surface area contributed by atoms with E-state index in [1.165, 1.54) is 12.8 Å². The maximum atomic E-state index is 9.54. The molecule has 0 bridgehead atoms. The number of hydrogen-bond donors (Lipinski definition) is 2. The lowest BCUT2D eigenvalue weighted by molar-refractivity contribution is 0.163. The summed E-state index contributed by atoms with van der Waals surface area (Å²) in [6.07, 6.45) is 4.53. The number of thioether (sulfide) groups is 1. The van der Waals surface area contributed by atoms with E-state index in [1.54, 1.807) is 11.8 Å². The monoisotopic (exact) mass is 333 g/mol. The molecule has 2 nitrogen and oxygen atoms in total. The van der Waals surface area contributed by atoms with Crippen molar-refractivity contribution >= 4 is 35.0 Å². The number of aliphatic hydroxyl groups is 1. The third kappa shape index (κ3) is 5.12. The lowest BCUT2D eigenvalue weighted by Gasteiger charge is -2.29. The second kappa shape index (κ2) is 7.37. The van der Waals surface area contributed by atoms with Gasteiger partial charge in [0.2, 0.25) is 0 Å². The summed E-state index contributed by atoms with van der Waals surface area (Å²) in [6, 6.07) is 6.35. The highest BCUT2D eigenvalue weighted by molar-refractivity contribution is 7.99. The molecule has 2 rings (SSSR count). The van der Waals surface area contributed by atoms with Crippen LogP contribution in [0.2, 0.25) is 10.0 Å². The van der Waals surface area contributed by atoms with Crippen LogP contribution in [0.3, 0.4) is 0 Å². The highest BCUT2D eigenvalue weighted by Gasteiger charge is 2.31. The summed E-state index contributed by atoms with van der Waals surface area (Å²) in [6.45, 7) is 2.30. The van der Waals surface area contributed by atoms with Crippen molar-refractivity contribution in [3.63, 3.8) is 0 Å². The average molecular weight is 334 g/mol. The van der Waals surface area contributed by atoms with Crippen LogP contribution in [-0.2, 0) is 0 Å². The molecule has 1 aromatic carbocycles. The van der Waals surface area contributed by atoms with Crippen molar-refractivity contribution in [3.05, 3.63) is 28.2 Å². The summed E-state index contributed by atoms with van der Waals surface area (Å²) >= 11 is 13.7. The van der Waals surface area contributed by atoms with E-state index in [-0.39, 0.29) is 12.1 Å². The molecule has 1 saturated carbocycles. The minimum Gasteiger partial charge on any atom is -0.394 e. The third-order valence-electron chi connectivity index (χ3n) is 3.51. The van der Waals surface area contributed by atoms with Gasteiger partial charge in [-0.05, 0) is 56.6 Å². The van der Waals surface area contributed by atoms with Crippen LogP contribution in [0.1, 0.15) is 32.6 Å². The molecule has 0 radical (unpaired) electrons. The fourth-order valence-electron chi connectivity index (χ4n) is 2.14. The van der Waals surface area contributed by atoms with Crippen molar-refractivity contribution in [2.45, 2.75) is 49.1 Å². The molecule has 1 aliphatic rings. The summed E-state index contributed by atoms with van der Waals surface area (Å²) < 4.78 is 0. The van der Waals surface area contributed by atoms with Gasteiger partial charge in [-0.2, -0.15) is 0 Å². The zero-order valence-corrected chi connectivity index (χ0v) is 14.0. The molecule has 0 aliphatic heterocycles. The van der Waals surface area contributed by atoms with Gasteiger partial charge in [-0.15, -0.1) is 11.8 Å². The van der Waals surface area contributed by atoms with Gasteiger partial charge in [0.1, 0.15) is 0 Å². The zero-order chi connectivity index (χ0) is 14.6. The second-order valence-electron chi connectivity index (χ2n) is 5.67. The van der Waals surface area contributed by atoms with Crippen LogP contribution in [0.25, 0.3) is 0 Å². The first-order valence-electron chi connectivity index (χ1n) is 6.99. The normalized spacial score (nSPS) is 18.0. The van der Waals surface area contributed by atoms with Gasteiger partial charge in [0, 0.05) is 16.5 Å². The number of hydrogen-bond acceptors (Lipinski definition) is 3. The van der Waals surface area contributed by atoms with Crippen LogP contribution in [0, 0.1) is 0 Å². The molecule has 20 heavy (non-hydrogen) atoms. The molecule has 2 N–H and O–H groups in total. The largest absolute Gasteiger partial charge is 0.394 e. The summed E-state index contributed by atoms with van der Waals surface area (Å²) in [4.78, 5) is 1.14. The Hall–Kier alpha value is 0.0700. The first-order chi connectivity index (χ1) is 9.52. The van der Waals surface area contributed by atoms with E-state index in [1.807, 2.05) is 18.2 Å². The van der Waals surface area contributed by atoms with Gasteiger partial charge in [0.05, 0.1) is 16.7 Å². The van der Waals surface area contributed by atoms with E-state index < -0.39 is 0 Å². The van der Waals surface area contributed by atoms with Crippen LogP contribution in [0.15, 0.2) is 23.1 Å². The predicted octanol–water partition coefficient (Wildman–Crippen LogP) is 4.37. The van der Waals surface area contributed by atoms with Crippen LogP contribution < -0.4 is 5.32 Å². The zero-order valence-electron chi connectivity index (χ0n) is 11.7. The van der Waals surface area contributed by atoms with Gasteiger partial charge in [-0.3, -0.25) is 0 Å². The number of benzene rings is 1. The molecule has 0 heterocycles. The molecule has 1 aromatic rings. The Morgan fingerprint density at radius 3 is 2.70 bits per heavy atom. The van der Waals surface area contributed by atoms with Crippen LogP contribution >= 0.6 is 35.0 Å². The van der Waals surface area contributed by atoms with E-state index in [0.29, 0.717) is 16.1 Å². The smallest absolute Gasteiger partial charge is 0.0610 e. The first-order valence-corrected chi connectivity index (χ1v) is 8.73. The van der Waals surface area contributed by atoms with Crippen molar-refractivity contribution < 1.29 is 5.11 Å². The summed E-state index contributed by atoms with van der Waals surface area (Å²) in [7, 11) is 0. The molecule has 1 atom stereocenters. The quantitative estimate of drug-likeness (QED) is 0.547. The fourth-order valence-corrected chi connectivity index (χ4v) is 3.39. The molecule has 0 aromatic heterocycles. The summed E-state index contributed by atoms with van der Waals surface area (Å²) in [5.41, 5.74) is -0.140. The number of rotatable bonds is 8. The van der Waals surface area contributed by atoms with E-state index >= 15 is 0 Å². The number of nitrogens with one attached hydrogen (secondary N) is 1. The Labute approximate surface area is 135 Å². The molecule has 1 aliphatic carbocycles. The second-order valence-corrected chi connectivity index (χ2v) is 7.65. The standard InChI is InChI=1S/C15H21Cl2NOS/c1-15(10-19,18-11-3-4-11)7-2-8-20-12-5-6-13(16)14(17)9-12/h5-6,9,11,18-19H,2-4,7-8,10H2,1H3. The Morgan fingerprint density at radius 1 is 1.35 bits per heavy atom. The van der Waals surface area contributed by atoms with Crippen LogP contribution in [0.4, 0.5) is 0 Å². The topological polar surface area (TPSA) is 32.3 Å². The Bertz CT molecular complexity index is 453. The molecule has 0 saturated heterocycles. The van der Waals surface area contributed by atoms with Crippen molar-refractivity contribution in [1.29, 1.82) is 0 Å². The van der Waals surface area contributed by atoms with E-state index in [0.717, 1.165) is 23.5 Å². The van der Waals surface area contributed by atoms with Crippen LogP contribution in [0.5, 0.6) is 0 Å². The molecule has 0 amide bonds. The number of aliphatic hydroxyl groups excluding tert-OH is 1. The van der Waals surface area contributed by atoms with Gasteiger partial charge >= 0.3 is 0 Å². The highest BCUT2D eigenvalue weighted by atomic mass is 35.5. The van der Waals surface area contributed by atoms with Gasteiger partial charge in [0.15, 0.2) is 0 Å². The van der Waals surface area contributed by atoms with Crippen molar-refractivity contribution in [2.24, 2.45) is 0 Å². The van der Waals surface area contributed by atoms with Crippen molar-refractivity contribution in [2.75, 3.05) is 12.4 Å². The minimum absolute atomic E-state index is 0.140. The molecule has 5 heteroatoms. The molecule has 1 unspecified atom stereocenters. The molecular weight excluding hydrogens is 313 g/mol. The lowest BCUT2D eigenvalue weighted by Crippen LogP contribution is -2.46. The molecule has 112 valence electrons. The maximum Gasteiger partial charge on any atom is 0.0610 e. The highest BCUT2D eigenvalue weighted by Crippen LogP contribution is 2.29. The molecular formula is C15H21Cl2NOS. The Morgan fingerprint density at radius 2 is 2.10 bits per heavy atom. The SMILES string of the molecule is CC(CO)(CCCSc1ccc(Cl)c(Cl)c1)NC1CC1. The fraction of sp³-hybridized carbons (Fsp3) is 0.600. The van der Waals surface area contributed by atoms with E-state index in [2.05, 4.69) is 12.2 Å². The van der Waals surface area contributed by atoms with E-state index in [4.69, 9.17) is 23.2 Å². The molecule has 1 fully saturated rings. The summed E-state index contributed by atoms with van der Waals surface area (Å²) in [5.74, 6) is 1.01. The minimum atomic E-state index is -0.140. The number of halogens is 2. The van der Waals surface area contributed by atoms with Gasteiger partial charge in [-0.25, -0.2) is 0 Å². The van der Waals surface area contributed by atoms with Gasteiger partial charge < -0.3 is 10.4 Å². The maximum absolute atomic E-state index is 9.54. The lowest BCUT2D eigenvalue weighted by atomic mass is 9.97. The summed E-state index contributed by atoms with van der Waals surface area (Å²) in [5, 5.41) is 14.3. The average Bonchev–Trinajstić information content (AvgIpc) is 3.22. The van der Waals surface area contributed by atoms with Gasteiger partial charge in [0.25, 0.3) is 0 Å². The van der Waals surface area contributed by atoms with Crippen molar-refractivity contribution in [1.82, 2.24) is 5.32 Å². The molecule has 0 spiro atoms.